The Bertz CT molecular complexity index is 843. The van der Waals surface area contributed by atoms with Crippen molar-refractivity contribution in [2.75, 3.05) is 13.2 Å². The number of carboxylic acids is 1. The molecule has 2 aromatic carbocycles. The van der Waals surface area contributed by atoms with Gasteiger partial charge in [0.25, 0.3) is 11.7 Å². The molecule has 29 heavy (non-hydrogen) atoms. The fraction of sp³-hybridized carbons (Fsp3) is 0.300. The minimum absolute atomic E-state index is 0.137. The number of phenols is 1. The molecule has 1 heterocycles. The van der Waals surface area contributed by atoms with Gasteiger partial charge in [-0.3, -0.25) is 19.7 Å². The Balaban J connectivity index is 0.000000272. The van der Waals surface area contributed by atoms with Crippen LogP contribution in [-0.4, -0.2) is 40.3 Å². The standard InChI is InChI=1S/C12H14O4.C6H5NO2.C2H4O2/c1-8-3-4-10(11(14)5-8)12(7-16-12)6-15-9(2)13;8-7(9)6-4-2-1-3-5-6;1-2(3)4/h3-5,14H,6-7H2,1-2H3;1-5H;1H3,(H,3,4). The smallest absolute Gasteiger partial charge is 0.302 e. The Kier molecular flexibility index (Phi) is 8.75. The van der Waals surface area contributed by atoms with Crippen LogP contribution in [0.2, 0.25) is 0 Å². The summed E-state index contributed by atoms with van der Waals surface area (Å²) in [5.41, 5.74) is 1.16. The minimum atomic E-state index is -0.833. The third-order valence-electron chi connectivity index (χ3n) is 3.61. The van der Waals surface area contributed by atoms with E-state index in [2.05, 4.69) is 0 Å². The fourth-order valence-corrected chi connectivity index (χ4v) is 2.20. The average Bonchev–Trinajstić information content (AvgIpc) is 3.42. The summed E-state index contributed by atoms with van der Waals surface area (Å²) < 4.78 is 10.2. The van der Waals surface area contributed by atoms with E-state index in [0.717, 1.165) is 12.5 Å². The maximum atomic E-state index is 10.7. The molecule has 1 atom stereocenters. The van der Waals surface area contributed by atoms with E-state index in [1.807, 2.05) is 13.0 Å². The van der Waals surface area contributed by atoms with E-state index >= 15 is 0 Å². The van der Waals surface area contributed by atoms with E-state index < -0.39 is 16.5 Å². The molecule has 9 nitrogen and oxygen atoms in total. The van der Waals surface area contributed by atoms with Gasteiger partial charge in [0.05, 0.1) is 11.5 Å². The number of hydrogen-bond donors (Lipinski definition) is 2. The van der Waals surface area contributed by atoms with Gasteiger partial charge in [-0.25, -0.2) is 0 Å². The maximum Gasteiger partial charge on any atom is 0.302 e. The van der Waals surface area contributed by atoms with Gasteiger partial charge >= 0.3 is 5.97 Å². The molecule has 1 saturated heterocycles. The Labute approximate surface area is 167 Å². The highest BCUT2D eigenvalue weighted by molar-refractivity contribution is 5.66. The summed E-state index contributed by atoms with van der Waals surface area (Å²) in [5, 5.41) is 27.2. The lowest BCUT2D eigenvalue weighted by Crippen LogP contribution is -2.19. The van der Waals surface area contributed by atoms with E-state index in [0.29, 0.717) is 12.2 Å². The average molecular weight is 405 g/mol. The van der Waals surface area contributed by atoms with Crippen LogP contribution in [0.1, 0.15) is 25.0 Å². The van der Waals surface area contributed by atoms with E-state index in [4.69, 9.17) is 19.4 Å². The Morgan fingerprint density at radius 1 is 1.21 bits per heavy atom. The molecule has 3 rings (SSSR count). The van der Waals surface area contributed by atoms with Gasteiger partial charge in [0.1, 0.15) is 12.4 Å². The lowest BCUT2D eigenvalue weighted by molar-refractivity contribution is -0.384. The molecule has 1 fully saturated rings. The molecule has 0 spiro atoms. The first-order valence-corrected chi connectivity index (χ1v) is 8.54. The van der Waals surface area contributed by atoms with Crippen molar-refractivity contribution in [3.63, 3.8) is 0 Å². The monoisotopic (exact) mass is 405 g/mol. The van der Waals surface area contributed by atoms with Gasteiger partial charge in [0.2, 0.25) is 0 Å². The highest BCUT2D eigenvalue weighted by atomic mass is 16.6. The van der Waals surface area contributed by atoms with Crippen molar-refractivity contribution in [2.45, 2.75) is 26.4 Å². The van der Waals surface area contributed by atoms with Crippen molar-refractivity contribution in [2.24, 2.45) is 0 Å². The van der Waals surface area contributed by atoms with Gasteiger partial charge in [-0.2, -0.15) is 0 Å². The summed E-state index contributed by atoms with van der Waals surface area (Å²) in [6, 6.07) is 13.3. The summed E-state index contributed by atoms with van der Waals surface area (Å²) in [6.07, 6.45) is 0. The number of phenolic OH excluding ortho intramolecular Hbond substituents is 1. The number of benzene rings is 2. The topological polar surface area (TPSA) is 140 Å². The number of nitrogens with zero attached hydrogens (tertiary/aromatic N) is 1. The van der Waals surface area contributed by atoms with Crippen molar-refractivity contribution in [3.05, 3.63) is 69.8 Å². The van der Waals surface area contributed by atoms with Crippen LogP contribution in [0.3, 0.4) is 0 Å². The summed E-state index contributed by atoms with van der Waals surface area (Å²) in [6.45, 7) is 4.96. The number of nitro groups is 1. The van der Waals surface area contributed by atoms with Crippen LogP contribution in [0.25, 0.3) is 0 Å². The van der Waals surface area contributed by atoms with Gasteiger partial charge in [0.15, 0.2) is 5.60 Å². The van der Waals surface area contributed by atoms with Crippen molar-refractivity contribution < 1.29 is 34.2 Å². The number of aryl methyl sites for hydroxylation is 1. The maximum absolute atomic E-state index is 10.7. The Morgan fingerprint density at radius 3 is 2.14 bits per heavy atom. The third kappa shape index (κ3) is 8.39. The molecule has 1 unspecified atom stereocenters. The second-order valence-electron chi connectivity index (χ2n) is 6.20. The molecule has 1 aliphatic rings. The number of carboxylic acid groups (broad SMARTS) is 1. The normalized spacial score (nSPS) is 16.2. The quantitative estimate of drug-likeness (QED) is 0.342. The molecule has 0 saturated carbocycles. The van der Waals surface area contributed by atoms with Gasteiger partial charge in [-0.15, -0.1) is 0 Å². The molecule has 9 heteroatoms. The molecule has 0 bridgehead atoms. The van der Waals surface area contributed by atoms with Gasteiger partial charge in [0, 0.05) is 31.5 Å². The summed E-state index contributed by atoms with van der Waals surface area (Å²) in [4.78, 5) is 29.3. The first-order chi connectivity index (χ1) is 13.6. The van der Waals surface area contributed by atoms with Crippen LogP contribution in [0.5, 0.6) is 5.75 Å². The first-order valence-electron chi connectivity index (χ1n) is 8.54. The zero-order valence-electron chi connectivity index (χ0n) is 16.3. The van der Waals surface area contributed by atoms with Crippen LogP contribution in [0, 0.1) is 17.0 Å². The van der Waals surface area contributed by atoms with Crippen molar-refractivity contribution in [1.29, 1.82) is 0 Å². The first kappa shape index (κ1) is 23.6. The van der Waals surface area contributed by atoms with Crippen LogP contribution < -0.4 is 0 Å². The predicted octanol–water partition coefficient (Wildman–Crippen LogP) is 3.17. The number of nitro benzene ring substituents is 1. The third-order valence-corrected chi connectivity index (χ3v) is 3.61. The zero-order chi connectivity index (χ0) is 22.0. The number of carbonyl (C=O) groups is 2. The molecular formula is C20H23NO8. The number of ether oxygens (including phenoxy) is 2. The lowest BCUT2D eigenvalue weighted by Gasteiger charge is -2.14. The molecule has 0 aromatic heterocycles. The number of aromatic hydroxyl groups is 1. The fourth-order valence-electron chi connectivity index (χ4n) is 2.20. The summed E-state index contributed by atoms with van der Waals surface area (Å²) in [5.74, 6) is -0.994. The van der Waals surface area contributed by atoms with E-state index in [1.165, 1.54) is 19.1 Å². The molecule has 1 aliphatic heterocycles. The molecule has 0 aliphatic carbocycles. The molecule has 2 N–H and O–H groups in total. The number of para-hydroxylation sites is 1. The second-order valence-corrected chi connectivity index (χ2v) is 6.20. The SMILES string of the molecule is CC(=O)O.CC(=O)OCC1(c2ccc(C)cc2O)CO1.O=[N+]([O-])c1ccccc1. The van der Waals surface area contributed by atoms with E-state index in [-0.39, 0.29) is 24.0 Å². The molecule has 156 valence electrons. The number of rotatable bonds is 4. The molecule has 0 radical (unpaired) electrons. The number of carbonyl (C=O) groups excluding carboxylic acids is 1. The van der Waals surface area contributed by atoms with Crippen molar-refractivity contribution >= 4 is 17.6 Å². The highest BCUT2D eigenvalue weighted by Crippen LogP contribution is 2.43. The number of non-ortho nitro benzene ring substituents is 1. The number of epoxide rings is 1. The van der Waals surface area contributed by atoms with Gasteiger partial charge in [-0.05, 0) is 18.6 Å². The van der Waals surface area contributed by atoms with Crippen LogP contribution in [-0.2, 0) is 24.7 Å². The number of aliphatic carboxylic acids is 1. The highest BCUT2D eigenvalue weighted by Gasteiger charge is 2.49. The molecule has 0 amide bonds. The largest absolute Gasteiger partial charge is 0.508 e. The predicted molar refractivity (Wildman–Crippen MR) is 104 cm³/mol. The Morgan fingerprint density at radius 2 is 1.76 bits per heavy atom. The zero-order valence-corrected chi connectivity index (χ0v) is 16.3. The number of esters is 1. The molecule has 2 aromatic rings. The summed E-state index contributed by atoms with van der Waals surface area (Å²) >= 11 is 0. The van der Waals surface area contributed by atoms with Gasteiger partial charge in [-0.1, -0.05) is 30.3 Å². The minimum Gasteiger partial charge on any atom is -0.508 e. The Hall–Kier alpha value is -3.46. The van der Waals surface area contributed by atoms with Gasteiger partial charge < -0.3 is 19.7 Å². The second kappa shape index (κ2) is 10.8. The van der Waals surface area contributed by atoms with Crippen molar-refractivity contribution in [1.82, 2.24) is 0 Å². The number of hydrogen-bond acceptors (Lipinski definition) is 7. The van der Waals surface area contributed by atoms with E-state index in [1.54, 1.807) is 30.3 Å². The summed E-state index contributed by atoms with van der Waals surface area (Å²) in [7, 11) is 0. The lowest BCUT2D eigenvalue weighted by atomic mass is 9.98. The molecular weight excluding hydrogens is 382 g/mol. The van der Waals surface area contributed by atoms with Crippen LogP contribution in [0.4, 0.5) is 5.69 Å². The van der Waals surface area contributed by atoms with Crippen LogP contribution in [0.15, 0.2) is 48.5 Å². The van der Waals surface area contributed by atoms with Crippen LogP contribution >= 0.6 is 0 Å². The van der Waals surface area contributed by atoms with E-state index in [9.17, 15) is 20.0 Å². The van der Waals surface area contributed by atoms with Crippen molar-refractivity contribution in [3.8, 4) is 5.75 Å².